The van der Waals surface area contributed by atoms with Crippen molar-refractivity contribution in [3.63, 3.8) is 0 Å². The predicted molar refractivity (Wildman–Crippen MR) is 30.6 cm³/mol. The highest BCUT2D eigenvalue weighted by Crippen LogP contribution is 1.94. The average Bonchev–Trinajstić information content (AvgIpc) is 1.65. The van der Waals surface area contributed by atoms with Gasteiger partial charge in [-0.05, 0) is 6.42 Å². The number of hydrogen-bond acceptors (Lipinski definition) is 0. The fraction of sp³-hybridized carbons (Fsp3) is 0.800. The lowest BCUT2D eigenvalue weighted by Gasteiger charge is -1.96. The molecule has 4 N–H and O–H groups in total. The van der Waals surface area contributed by atoms with Crippen LogP contribution in [-0.2, 0) is 0 Å². The number of amidine groups is 1. The molecular formula is C5H13N2+. The highest BCUT2D eigenvalue weighted by molar-refractivity contribution is 5.76. The highest BCUT2D eigenvalue weighted by atomic mass is 14.7. The van der Waals surface area contributed by atoms with Gasteiger partial charge in [0.15, 0.2) is 0 Å². The normalized spacial score (nSPS) is 13.4. The van der Waals surface area contributed by atoms with Crippen LogP contribution in [0.3, 0.4) is 0 Å². The first-order valence-electron chi connectivity index (χ1n) is 2.56. The minimum absolute atomic E-state index is 0.375. The summed E-state index contributed by atoms with van der Waals surface area (Å²) in [5, 5.41) is 5.24. The van der Waals surface area contributed by atoms with Gasteiger partial charge < -0.3 is 0 Å². The van der Waals surface area contributed by atoms with Gasteiger partial charge in [-0.3, -0.25) is 11.1 Å². The quantitative estimate of drug-likeness (QED) is 0.345. The van der Waals surface area contributed by atoms with Gasteiger partial charge in [-0.2, -0.15) is 0 Å². The minimum atomic E-state index is 0.375. The molecule has 0 saturated carbocycles. The van der Waals surface area contributed by atoms with Crippen molar-refractivity contribution in [2.75, 3.05) is 0 Å². The van der Waals surface area contributed by atoms with E-state index in [-0.39, 0.29) is 0 Å². The highest BCUT2D eigenvalue weighted by Gasteiger charge is 2.04. The minimum Gasteiger partial charge on any atom is -0.291 e. The Kier molecular flexibility index (Phi) is 2.41. The fourth-order valence-corrected chi connectivity index (χ4v) is 0.236. The van der Waals surface area contributed by atoms with Gasteiger partial charge in [0.1, 0.15) is 0 Å². The molecule has 0 heterocycles. The predicted octanol–water partition coefficient (Wildman–Crippen LogP) is -0.851. The molecule has 0 aromatic carbocycles. The van der Waals surface area contributed by atoms with E-state index in [0.717, 1.165) is 6.42 Å². The molecule has 0 aliphatic heterocycles. The van der Waals surface area contributed by atoms with Crippen molar-refractivity contribution < 1.29 is 5.41 Å². The second-order valence-corrected chi connectivity index (χ2v) is 1.81. The van der Waals surface area contributed by atoms with E-state index < -0.39 is 0 Å². The third-order valence-corrected chi connectivity index (χ3v) is 1.18. The molecule has 1 atom stereocenters. The summed E-state index contributed by atoms with van der Waals surface area (Å²) in [5.74, 6) is 0.919. The Morgan fingerprint density at radius 3 is 2.29 bits per heavy atom. The van der Waals surface area contributed by atoms with E-state index in [2.05, 4.69) is 6.92 Å². The van der Waals surface area contributed by atoms with Crippen molar-refractivity contribution in [1.82, 2.24) is 0 Å². The first-order valence-corrected chi connectivity index (χ1v) is 2.56. The van der Waals surface area contributed by atoms with Gasteiger partial charge in [-0.1, -0.05) is 13.8 Å². The molecule has 0 spiro atoms. The Labute approximate surface area is 44.2 Å². The molecule has 0 bridgehead atoms. The summed E-state index contributed by atoms with van der Waals surface area (Å²) in [6.07, 6.45) is 1.03. The maximum absolute atomic E-state index is 5.24. The van der Waals surface area contributed by atoms with Crippen LogP contribution in [0.4, 0.5) is 0 Å². The summed E-state index contributed by atoms with van der Waals surface area (Å²) in [7, 11) is 0. The van der Waals surface area contributed by atoms with Crippen molar-refractivity contribution in [3.8, 4) is 0 Å². The van der Waals surface area contributed by atoms with Crippen LogP contribution in [0.5, 0.6) is 0 Å². The molecule has 2 nitrogen and oxygen atoms in total. The van der Waals surface area contributed by atoms with Gasteiger partial charge in [-0.25, -0.2) is 0 Å². The largest absolute Gasteiger partial charge is 0.291 e. The first kappa shape index (κ1) is 6.47. The zero-order valence-corrected chi connectivity index (χ0v) is 4.94. The van der Waals surface area contributed by atoms with Crippen LogP contribution in [-0.4, -0.2) is 5.84 Å². The van der Waals surface area contributed by atoms with Gasteiger partial charge in [0, 0.05) is 0 Å². The Hall–Kier alpha value is -0.530. The van der Waals surface area contributed by atoms with E-state index in [4.69, 9.17) is 11.1 Å². The number of hydrogen-bond donors (Lipinski definition) is 2. The standard InChI is InChI=1S/C5H12N2/c1-3-4(2)5(6)7/h4H,3H2,1-2H3,(H3,6,7)/p+1/t4-/m0/s1. The second-order valence-electron chi connectivity index (χ2n) is 1.81. The smallest absolute Gasteiger partial charge is 0.241 e. The molecule has 0 aromatic heterocycles. The van der Waals surface area contributed by atoms with Gasteiger partial charge in [0.05, 0.1) is 5.92 Å². The van der Waals surface area contributed by atoms with Crippen molar-refractivity contribution in [2.45, 2.75) is 20.3 Å². The lowest BCUT2D eigenvalue weighted by atomic mass is 10.1. The molecule has 0 saturated heterocycles. The van der Waals surface area contributed by atoms with Crippen molar-refractivity contribution in [2.24, 2.45) is 11.7 Å². The first-order chi connectivity index (χ1) is 3.18. The zero-order valence-electron chi connectivity index (χ0n) is 4.94. The van der Waals surface area contributed by atoms with E-state index in [1.807, 2.05) is 6.92 Å². The molecule has 0 radical (unpaired) electrons. The lowest BCUT2D eigenvalue weighted by molar-refractivity contribution is -0.121. The molecule has 0 fully saturated rings. The van der Waals surface area contributed by atoms with Crippen LogP contribution < -0.4 is 11.1 Å². The van der Waals surface area contributed by atoms with Gasteiger partial charge >= 0.3 is 0 Å². The molecule has 42 valence electrons. The van der Waals surface area contributed by atoms with Crippen LogP contribution in [0, 0.1) is 5.92 Å². The molecule has 0 rings (SSSR count). The number of nitrogens with two attached hydrogens (primary N) is 2. The fourth-order valence-electron chi connectivity index (χ4n) is 0.236. The van der Waals surface area contributed by atoms with E-state index in [1.165, 1.54) is 0 Å². The SMILES string of the molecule is CC[C@H](C)C(N)=[NH2+]. The molecule has 2 heteroatoms. The van der Waals surface area contributed by atoms with E-state index in [1.54, 1.807) is 0 Å². The van der Waals surface area contributed by atoms with E-state index in [0.29, 0.717) is 11.8 Å². The second kappa shape index (κ2) is 2.61. The summed E-state index contributed by atoms with van der Waals surface area (Å²) >= 11 is 0. The lowest BCUT2D eigenvalue weighted by Crippen LogP contribution is -2.49. The molecule has 0 aliphatic rings. The Morgan fingerprint density at radius 1 is 1.86 bits per heavy atom. The molecular weight excluding hydrogens is 88.1 g/mol. The Morgan fingerprint density at radius 2 is 2.29 bits per heavy atom. The van der Waals surface area contributed by atoms with E-state index >= 15 is 0 Å². The summed E-state index contributed by atoms with van der Waals surface area (Å²) in [6, 6.07) is 0. The topological polar surface area (TPSA) is 51.6 Å². The van der Waals surface area contributed by atoms with Gasteiger partial charge in [0.2, 0.25) is 5.84 Å². The van der Waals surface area contributed by atoms with Crippen LogP contribution >= 0.6 is 0 Å². The van der Waals surface area contributed by atoms with Crippen molar-refractivity contribution in [3.05, 3.63) is 0 Å². The van der Waals surface area contributed by atoms with Crippen LogP contribution in [0.15, 0.2) is 0 Å². The molecule has 0 aromatic rings. The Balaban J connectivity index is 3.34. The summed E-state index contributed by atoms with van der Waals surface area (Å²) in [4.78, 5) is 0. The zero-order chi connectivity index (χ0) is 5.86. The van der Waals surface area contributed by atoms with Crippen molar-refractivity contribution in [1.29, 1.82) is 0 Å². The maximum atomic E-state index is 5.24. The molecule has 0 aliphatic carbocycles. The maximum Gasteiger partial charge on any atom is 0.241 e. The third kappa shape index (κ3) is 2.20. The molecule has 7 heavy (non-hydrogen) atoms. The van der Waals surface area contributed by atoms with Crippen molar-refractivity contribution >= 4 is 5.84 Å². The summed E-state index contributed by atoms with van der Waals surface area (Å²) in [6.45, 7) is 4.07. The third-order valence-electron chi connectivity index (χ3n) is 1.18. The summed E-state index contributed by atoms with van der Waals surface area (Å²) < 4.78 is 0. The Bertz CT molecular complexity index is 68.5. The number of rotatable bonds is 2. The van der Waals surface area contributed by atoms with Crippen LogP contribution in [0.2, 0.25) is 0 Å². The van der Waals surface area contributed by atoms with Gasteiger partial charge in [0.25, 0.3) is 0 Å². The van der Waals surface area contributed by atoms with Gasteiger partial charge in [-0.15, -0.1) is 0 Å². The molecule has 0 amide bonds. The average molecular weight is 101 g/mol. The van der Waals surface area contributed by atoms with Crippen LogP contribution in [0.1, 0.15) is 20.3 Å². The monoisotopic (exact) mass is 101 g/mol. The van der Waals surface area contributed by atoms with E-state index in [9.17, 15) is 0 Å². The molecule has 0 unspecified atom stereocenters. The summed E-state index contributed by atoms with van der Waals surface area (Å²) in [5.41, 5.74) is 5.24. The van der Waals surface area contributed by atoms with Crippen LogP contribution in [0.25, 0.3) is 0 Å².